The van der Waals surface area contributed by atoms with E-state index in [1.165, 1.54) is 19.4 Å². The van der Waals surface area contributed by atoms with Crippen LogP contribution in [0.3, 0.4) is 0 Å². The SMILES string of the molecule is [CH2]N1CCCC(N(C)C)C1. The molecular formula is C8H17N2. The summed E-state index contributed by atoms with van der Waals surface area (Å²) in [7, 11) is 8.22. The Hall–Kier alpha value is -0.0800. The van der Waals surface area contributed by atoms with E-state index in [2.05, 4.69) is 30.9 Å². The molecule has 1 radical (unpaired) electrons. The molecule has 0 saturated carbocycles. The van der Waals surface area contributed by atoms with Gasteiger partial charge in [-0.25, -0.2) is 0 Å². The quantitative estimate of drug-likeness (QED) is 0.533. The van der Waals surface area contributed by atoms with E-state index in [9.17, 15) is 0 Å². The summed E-state index contributed by atoms with van der Waals surface area (Å²) in [6.07, 6.45) is 2.63. The summed E-state index contributed by atoms with van der Waals surface area (Å²) in [5, 5.41) is 0. The number of likely N-dealkylation sites (tertiary alicyclic amines) is 1. The van der Waals surface area contributed by atoms with Crippen molar-refractivity contribution in [3.63, 3.8) is 0 Å². The molecule has 10 heavy (non-hydrogen) atoms. The third-order valence-electron chi connectivity index (χ3n) is 2.21. The van der Waals surface area contributed by atoms with Crippen LogP contribution in [-0.2, 0) is 0 Å². The van der Waals surface area contributed by atoms with Crippen LogP contribution in [-0.4, -0.2) is 43.0 Å². The first-order valence-electron chi connectivity index (χ1n) is 3.92. The van der Waals surface area contributed by atoms with E-state index in [0.29, 0.717) is 0 Å². The van der Waals surface area contributed by atoms with E-state index in [-0.39, 0.29) is 0 Å². The monoisotopic (exact) mass is 141 g/mol. The van der Waals surface area contributed by atoms with Crippen LogP contribution >= 0.6 is 0 Å². The number of likely N-dealkylation sites (N-methyl/N-ethyl adjacent to an activating group) is 1. The molecule has 1 rings (SSSR count). The Morgan fingerprint density at radius 1 is 1.50 bits per heavy atom. The lowest BCUT2D eigenvalue weighted by Crippen LogP contribution is -2.42. The van der Waals surface area contributed by atoms with Gasteiger partial charge in [0.25, 0.3) is 0 Å². The Morgan fingerprint density at radius 2 is 2.20 bits per heavy atom. The van der Waals surface area contributed by atoms with E-state index >= 15 is 0 Å². The highest BCUT2D eigenvalue weighted by Crippen LogP contribution is 2.11. The molecule has 2 nitrogen and oxygen atoms in total. The summed E-state index contributed by atoms with van der Waals surface area (Å²) < 4.78 is 0. The maximum atomic E-state index is 3.94. The van der Waals surface area contributed by atoms with Gasteiger partial charge in [0.2, 0.25) is 0 Å². The molecule has 0 spiro atoms. The molecule has 1 heterocycles. The third kappa shape index (κ3) is 1.96. The number of nitrogens with zero attached hydrogens (tertiary/aromatic N) is 2. The van der Waals surface area contributed by atoms with Crippen molar-refractivity contribution in [2.24, 2.45) is 0 Å². The molecule has 1 atom stereocenters. The van der Waals surface area contributed by atoms with Crippen LogP contribution in [0.15, 0.2) is 0 Å². The predicted octanol–water partition coefficient (Wildman–Crippen LogP) is 0.804. The average Bonchev–Trinajstić information content (AvgIpc) is 1.88. The van der Waals surface area contributed by atoms with Crippen LogP contribution < -0.4 is 0 Å². The molecule has 0 bridgehead atoms. The highest BCUT2D eigenvalue weighted by molar-refractivity contribution is 4.76. The van der Waals surface area contributed by atoms with Crippen molar-refractivity contribution in [1.29, 1.82) is 0 Å². The Bertz CT molecular complexity index is 101. The minimum Gasteiger partial charge on any atom is -0.305 e. The van der Waals surface area contributed by atoms with Crippen molar-refractivity contribution in [2.45, 2.75) is 18.9 Å². The lowest BCUT2D eigenvalue weighted by Gasteiger charge is -2.33. The van der Waals surface area contributed by atoms with E-state index < -0.39 is 0 Å². The Kier molecular flexibility index (Phi) is 2.69. The molecule has 0 aromatic rings. The predicted molar refractivity (Wildman–Crippen MR) is 43.6 cm³/mol. The van der Waals surface area contributed by atoms with Crippen LogP contribution in [0.2, 0.25) is 0 Å². The van der Waals surface area contributed by atoms with Crippen molar-refractivity contribution in [3.05, 3.63) is 7.05 Å². The van der Waals surface area contributed by atoms with Crippen LogP contribution in [0.5, 0.6) is 0 Å². The van der Waals surface area contributed by atoms with Gasteiger partial charge in [0.05, 0.1) is 0 Å². The van der Waals surface area contributed by atoms with Crippen molar-refractivity contribution in [1.82, 2.24) is 9.80 Å². The summed E-state index contributed by atoms with van der Waals surface area (Å²) in [5.41, 5.74) is 0. The topological polar surface area (TPSA) is 6.48 Å². The largest absolute Gasteiger partial charge is 0.305 e. The molecule has 1 aliphatic heterocycles. The number of hydrogen-bond acceptors (Lipinski definition) is 2. The van der Waals surface area contributed by atoms with E-state index in [0.717, 1.165) is 12.6 Å². The Morgan fingerprint density at radius 3 is 2.60 bits per heavy atom. The van der Waals surface area contributed by atoms with Gasteiger partial charge in [0, 0.05) is 19.6 Å². The first-order chi connectivity index (χ1) is 4.70. The van der Waals surface area contributed by atoms with Crippen molar-refractivity contribution < 1.29 is 0 Å². The molecule has 2 heteroatoms. The van der Waals surface area contributed by atoms with Crippen molar-refractivity contribution in [3.8, 4) is 0 Å². The minimum absolute atomic E-state index is 0.728. The second kappa shape index (κ2) is 3.35. The van der Waals surface area contributed by atoms with Crippen LogP contribution in [0.4, 0.5) is 0 Å². The summed E-state index contributed by atoms with van der Waals surface area (Å²) in [4.78, 5) is 4.45. The maximum Gasteiger partial charge on any atom is 0.0217 e. The fraction of sp³-hybridized carbons (Fsp3) is 0.875. The smallest absolute Gasteiger partial charge is 0.0217 e. The zero-order chi connectivity index (χ0) is 7.56. The van der Waals surface area contributed by atoms with Gasteiger partial charge < -0.3 is 9.80 Å². The second-order valence-electron chi connectivity index (χ2n) is 3.34. The van der Waals surface area contributed by atoms with Gasteiger partial charge in [0.1, 0.15) is 0 Å². The second-order valence-corrected chi connectivity index (χ2v) is 3.34. The van der Waals surface area contributed by atoms with Crippen molar-refractivity contribution in [2.75, 3.05) is 27.2 Å². The molecule has 1 fully saturated rings. The van der Waals surface area contributed by atoms with Crippen molar-refractivity contribution >= 4 is 0 Å². The van der Waals surface area contributed by atoms with Gasteiger partial charge in [-0.1, -0.05) is 0 Å². The van der Waals surface area contributed by atoms with Gasteiger partial charge >= 0.3 is 0 Å². The lowest BCUT2D eigenvalue weighted by molar-refractivity contribution is 0.168. The average molecular weight is 141 g/mol. The number of hydrogen-bond donors (Lipinski definition) is 0. The standard InChI is InChI=1S/C8H17N2/c1-9(2)8-5-4-6-10(3)7-8/h8H,3-7H2,1-2H3. The fourth-order valence-electron chi connectivity index (χ4n) is 1.45. The Labute approximate surface area is 63.8 Å². The Balaban J connectivity index is 2.32. The summed E-state index contributed by atoms with van der Waals surface area (Å²) in [6, 6.07) is 0.728. The lowest BCUT2D eigenvalue weighted by atomic mass is 10.1. The van der Waals surface area contributed by atoms with E-state index in [4.69, 9.17) is 0 Å². The molecule has 1 saturated heterocycles. The fourth-order valence-corrected chi connectivity index (χ4v) is 1.45. The molecule has 0 aromatic heterocycles. The maximum absolute atomic E-state index is 3.94. The molecule has 0 aliphatic carbocycles. The summed E-state index contributed by atoms with van der Waals surface area (Å²) in [5.74, 6) is 0. The van der Waals surface area contributed by atoms with E-state index in [1.807, 2.05) is 0 Å². The van der Waals surface area contributed by atoms with Gasteiger partial charge in [-0.05, 0) is 33.5 Å². The van der Waals surface area contributed by atoms with Gasteiger partial charge in [-0.2, -0.15) is 0 Å². The van der Waals surface area contributed by atoms with E-state index in [1.54, 1.807) is 0 Å². The molecule has 1 aliphatic rings. The molecule has 0 N–H and O–H groups in total. The number of piperidine rings is 1. The summed E-state index contributed by atoms with van der Waals surface area (Å²) in [6.45, 7) is 2.30. The molecule has 59 valence electrons. The summed E-state index contributed by atoms with van der Waals surface area (Å²) >= 11 is 0. The first-order valence-corrected chi connectivity index (χ1v) is 3.92. The molecular weight excluding hydrogens is 124 g/mol. The first kappa shape index (κ1) is 8.02. The van der Waals surface area contributed by atoms with Gasteiger partial charge in [0.15, 0.2) is 0 Å². The van der Waals surface area contributed by atoms with Crippen LogP contribution in [0, 0.1) is 7.05 Å². The zero-order valence-corrected chi connectivity index (χ0v) is 7.01. The highest BCUT2D eigenvalue weighted by atomic mass is 15.2. The van der Waals surface area contributed by atoms with Gasteiger partial charge in [-0.15, -0.1) is 0 Å². The number of rotatable bonds is 1. The third-order valence-corrected chi connectivity index (χ3v) is 2.21. The van der Waals surface area contributed by atoms with Crippen LogP contribution in [0.1, 0.15) is 12.8 Å². The molecule has 0 aromatic carbocycles. The molecule has 0 amide bonds. The van der Waals surface area contributed by atoms with Crippen LogP contribution in [0.25, 0.3) is 0 Å². The molecule has 1 unspecified atom stereocenters. The van der Waals surface area contributed by atoms with Gasteiger partial charge in [-0.3, -0.25) is 0 Å². The highest BCUT2D eigenvalue weighted by Gasteiger charge is 2.17. The minimum atomic E-state index is 0.728. The zero-order valence-electron chi connectivity index (χ0n) is 7.01. The normalized spacial score (nSPS) is 29.4.